The molecule has 0 bridgehead atoms. The maximum atomic E-state index is 12.8. The number of allylic oxidation sites excluding steroid dienone is 2. The minimum Gasteiger partial charge on any atom is -0.337 e. The van der Waals surface area contributed by atoms with Crippen LogP contribution in [-0.4, -0.2) is 62.0 Å². The molecule has 0 N–H and O–H groups in total. The van der Waals surface area contributed by atoms with Crippen LogP contribution in [0.4, 0.5) is 0 Å². The van der Waals surface area contributed by atoms with Crippen LogP contribution in [0, 0.1) is 11.8 Å². The van der Waals surface area contributed by atoms with E-state index in [2.05, 4.69) is 38.7 Å². The molecule has 0 radical (unpaired) electrons. The number of rotatable bonds is 11. The van der Waals surface area contributed by atoms with Gasteiger partial charge >= 0.3 is 0 Å². The molecule has 93 heavy (non-hydrogen) atoms. The molecule has 0 atom stereocenters. The molecular formula is C71H58BrCl6N3O9S3. The Hall–Kier alpha value is -7.06. The normalized spacial score (nSPS) is 13.5. The predicted molar refractivity (Wildman–Crippen MR) is 382 cm³/mol. The van der Waals surface area contributed by atoms with Crippen molar-refractivity contribution < 1.29 is 39.6 Å². The molecular weight excluding hydrogens is 1430 g/mol. The molecule has 4 aliphatic carbocycles. The molecule has 0 spiro atoms. The fraction of sp³-hybridized carbons (Fsp3) is 0.141. The highest BCUT2D eigenvalue weighted by Gasteiger charge is 2.26. The van der Waals surface area contributed by atoms with E-state index in [1.54, 1.807) is 103 Å². The fourth-order valence-corrected chi connectivity index (χ4v) is 15.8. The highest BCUT2D eigenvalue weighted by Crippen LogP contribution is 2.36. The first kappa shape index (κ1) is 70.3. The Bertz CT molecular complexity index is 4920. The summed E-state index contributed by atoms with van der Waals surface area (Å²) in [7, 11) is -6.00. The maximum absolute atomic E-state index is 12.8. The average molecular weight is 1490 g/mol. The van der Waals surface area contributed by atoms with Crippen molar-refractivity contribution in [2.24, 2.45) is 11.8 Å². The quantitative estimate of drug-likeness (QED) is 0.0695. The van der Waals surface area contributed by atoms with E-state index in [1.807, 2.05) is 66.7 Å². The Morgan fingerprint density at radius 3 is 1.43 bits per heavy atom. The van der Waals surface area contributed by atoms with Crippen molar-refractivity contribution in [2.75, 3.05) is 5.33 Å². The van der Waals surface area contributed by atoms with E-state index in [1.165, 1.54) is 82.6 Å². The van der Waals surface area contributed by atoms with E-state index < -0.39 is 29.1 Å². The van der Waals surface area contributed by atoms with Crippen LogP contribution in [0.15, 0.2) is 233 Å². The third-order valence-corrected chi connectivity index (χ3v) is 22.3. The second-order valence-corrected chi connectivity index (χ2v) is 30.4. The summed E-state index contributed by atoms with van der Waals surface area (Å²) in [5.41, 5.74) is 8.08. The third-order valence-electron chi connectivity index (χ3n) is 15.0. The van der Waals surface area contributed by atoms with Crippen LogP contribution in [0.1, 0.15) is 68.9 Å². The van der Waals surface area contributed by atoms with Gasteiger partial charge in [0.25, 0.3) is 29.1 Å². The van der Waals surface area contributed by atoms with Crippen molar-refractivity contribution in [3.8, 4) is 0 Å². The molecule has 11 aromatic rings. The smallest absolute Gasteiger partial charge is 0.268 e. The van der Waals surface area contributed by atoms with Crippen LogP contribution in [-0.2, 0) is 53.3 Å². The van der Waals surface area contributed by atoms with Crippen molar-refractivity contribution in [1.29, 1.82) is 0 Å². The molecule has 2 fully saturated rings. The molecule has 3 aromatic heterocycles. The number of aldehydes is 3. The van der Waals surface area contributed by atoms with Crippen molar-refractivity contribution in [3.05, 3.63) is 277 Å². The first-order valence-electron chi connectivity index (χ1n) is 29.0. The first-order valence-corrected chi connectivity index (χ1v) is 37.2. The van der Waals surface area contributed by atoms with Crippen LogP contribution >= 0.6 is 84.6 Å². The molecule has 0 unspecified atom stereocenters. The predicted octanol–water partition coefficient (Wildman–Crippen LogP) is 19.2. The van der Waals surface area contributed by atoms with Crippen molar-refractivity contribution in [2.45, 2.75) is 59.8 Å². The molecule has 478 valence electrons. The molecule has 22 heteroatoms. The Balaban J connectivity index is 0.000000132. The molecule has 12 nitrogen and oxygen atoms in total. The largest absolute Gasteiger partial charge is 0.337 e. The van der Waals surface area contributed by atoms with Gasteiger partial charge in [0.1, 0.15) is 6.29 Å². The van der Waals surface area contributed by atoms with E-state index in [-0.39, 0.29) is 25.4 Å². The van der Waals surface area contributed by atoms with Gasteiger partial charge in [0.05, 0.1) is 57.7 Å². The first-order chi connectivity index (χ1) is 44.7. The van der Waals surface area contributed by atoms with Crippen LogP contribution in [0.25, 0.3) is 44.9 Å². The number of aromatic nitrogens is 3. The monoisotopic (exact) mass is 1480 g/mol. The van der Waals surface area contributed by atoms with E-state index >= 15 is 0 Å². The highest BCUT2D eigenvalue weighted by molar-refractivity contribution is 9.09. The number of para-hydroxylation sites is 3. The van der Waals surface area contributed by atoms with Gasteiger partial charge in [0.2, 0.25) is 0 Å². The standard InChI is InChI=1S/C15H10ClNO3S.C14H10ClNO2S.C13H12ClNO.C10H7ClO.C9H7Cl.C6H5ClO2S.C4H7Br/c16-14-8-4-5-11-9-12(10-18)17(15(11)14)21(19,20)13-6-2-1-3-7-13;15-13-8-4-5-11-9-10-16(14(11)13)19(17,18)12-6-2-1-3-7-12;14-12-3-1-2-10-6-11(8-16)15(13(10)12)7-9-4-5-9;11-10-3-1-2-8-4-7(6-12)5-9(8)10;10-9-6-2-4-7-3-1-5-8(7)9;7-10(8,9)6-4-2-1-3-5-6;5-3-4-1-2-4/h1-10H;1-10H;1-3,6,8-9H,4-5,7H2;1-4,6H,5H2;1-4,6H,5H2;1-5H;4H,1-3H2. The molecule has 4 aliphatic rings. The van der Waals surface area contributed by atoms with Gasteiger partial charge in [-0.05, 0) is 163 Å². The summed E-state index contributed by atoms with van der Waals surface area (Å²) < 4.78 is 76.2. The zero-order chi connectivity index (χ0) is 66.5. The number of fused-ring (bicyclic) bond motifs is 5. The van der Waals surface area contributed by atoms with E-state index in [4.69, 9.17) is 68.7 Å². The second-order valence-electron chi connectivity index (χ2n) is 21.6. The lowest BCUT2D eigenvalue weighted by Gasteiger charge is -2.10. The zero-order valence-electron chi connectivity index (χ0n) is 49.3. The molecule has 0 amide bonds. The van der Waals surface area contributed by atoms with Gasteiger partial charge in [-0.15, -0.1) is 0 Å². The Labute approximate surface area is 578 Å². The molecule has 3 heterocycles. The van der Waals surface area contributed by atoms with Gasteiger partial charge in [-0.25, -0.2) is 33.2 Å². The SMILES string of the molecule is BrCC1CC1.Clc1cccc2c1CC=C2.O=CC1=Cc2cccc(Cl)c2C1.O=Cc1cc2cccc(Cl)c2n1CC1CC1.O=Cc1cc2cccc(Cl)c2n1S(=O)(=O)c1ccccc1.O=S(=O)(Cl)c1ccccc1.O=S(=O)(c1ccccc1)n1ccc2cccc(Cl)c21. The van der Waals surface area contributed by atoms with Crippen molar-refractivity contribution >= 4 is 177 Å². The van der Waals surface area contributed by atoms with E-state index in [0.717, 1.165) is 95.1 Å². The van der Waals surface area contributed by atoms with Crippen LogP contribution in [0.3, 0.4) is 0 Å². The number of benzene rings is 8. The van der Waals surface area contributed by atoms with Gasteiger partial charge in [-0.1, -0.05) is 201 Å². The summed E-state index contributed by atoms with van der Waals surface area (Å²) in [5.74, 6) is 1.78. The fourth-order valence-electron chi connectivity index (χ4n) is 9.96. The van der Waals surface area contributed by atoms with Crippen molar-refractivity contribution in [3.63, 3.8) is 0 Å². The van der Waals surface area contributed by atoms with Crippen LogP contribution < -0.4 is 0 Å². The van der Waals surface area contributed by atoms with Gasteiger partial charge in [0.15, 0.2) is 12.6 Å². The number of hydrogen-bond donors (Lipinski definition) is 0. The highest BCUT2D eigenvalue weighted by atomic mass is 79.9. The van der Waals surface area contributed by atoms with Gasteiger partial charge in [0, 0.05) is 61.4 Å². The summed E-state index contributed by atoms with van der Waals surface area (Å²) in [5, 5.41) is 6.75. The maximum Gasteiger partial charge on any atom is 0.268 e. The minimum atomic E-state index is -3.89. The number of nitrogens with zero attached hydrogens (tertiary/aromatic N) is 3. The minimum absolute atomic E-state index is 0.0435. The summed E-state index contributed by atoms with van der Waals surface area (Å²) in [6.07, 6.45) is 17.1. The van der Waals surface area contributed by atoms with Gasteiger partial charge < -0.3 is 4.57 Å². The summed E-state index contributed by atoms with van der Waals surface area (Å²) >= 11 is 33.7. The molecule has 15 rings (SSSR count). The van der Waals surface area contributed by atoms with Gasteiger partial charge in [-0.3, -0.25) is 14.4 Å². The number of halogens is 7. The zero-order valence-corrected chi connectivity index (χ0v) is 57.9. The topological polar surface area (TPSA) is 168 Å². The number of hydrogen-bond acceptors (Lipinski definition) is 9. The lowest BCUT2D eigenvalue weighted by Crippen LogP contribution is -2.15. The average Bonchev–Trinajstić information content (AvgIpc) is 1.66. The Morgan fingerprint density at radius 1 is 0.462 bits per heavy atom. The molecule has 0 saturated heterocycles. The third kappa shape index (κ3) is 17.7. The van der Waals surface area contributed by atoms with Crippen LogP contribution in [0.2, 0.25) is 25.1 Å². The summed E-state index contributed by atoms with van der Waals surface area (Å²) in [4.78, 5) is 33.3. The Kier molecular flexibility index (Phi) is 24.1. The lowest BCUT2D eigenvalue weighted by molar-refractivity contribution is -0.104. The Morgan fingerprint density at radius 2 is 0.935 bits per heavy atom. The second kappa shape index (κ2) is 31.9. The van der Waals surface area contributed by atoms with Crippen molar-refractivity contribution in [1.82, 2.24) is 12.5 Å². The summed E-state index contributed by atoms with van der Waals surface area (Å²) in [6.45, 7) is 0.918. The van der Waals surface area contributed by atoms with Gasteiger partial charge in [-0.2, -0.15) is 0 Å². The number of alkyl halides is 1. The number of carbonyl (C=O) groups is 3. The van der Waals surface area contributed by atoms with Crippen LogP contribution in [0.5, 0.6) is 0 Å². The molecule has 8 aromatic carbocycles. The molecule has 2 saturated carbocycles. The lowest BCUT2D eigenvalue weighted by atomic mass is 10.1. The summed E-state index contributed by atoms with van der Waals surface area (Å²) in [6, 6.07) is 57.1. The number of carbonyl (C=O) groups excluding carboxylic acids is 3. The molecule has 0 aliphatic heterocycles. The van der Waals surface area contributed by atoms with E-state index in [0.29, 0.717) is 34.1 Å². The van der Waals surface area contributed by atoms with E-state index in [9.17, 15) is 39.6 Å².